The highest BCUT2D eigenvalue weighted by Crippen LogP contribution is 2.29. The SMILES string of the molecule is O=C(O)c1cc2cccc3c2n1C=CN3. The molecular formula is C11H8N2O2. The summed E-state index contributed by atoms with van der Waals surface area (Å²) in [4.78, 5) is 11.0. The number of rotatable bonds is 1. The number of anilines is 1. The van der Waals surface area contributed by atoms with E-state index < -0.39 is 5.97 Å². The van der Waals surface area contributed by atoms with E-state index in [4.69, 9.17) is 5.11 Å². The van der Waals surface area contributed by atoms with Crippen molar-refractivity contribution in [3.63, 3.8) is 0 Å². The number of hydrogen-bond acceptors (Lipinski definition) is 2. The number of carboxylic acids is 1. The van der Waals surface area contributed by atoms with Gasteiger partial charge in [0, 0.05) is 17.8 Å². The minimum absolute atomic E-state index is 0.287. The fourth-order valence-corrected chi connectivity index (χ4v) is 1.92. The average molecular weight is 200 g/mol. The Bertz CT molecular complexity index is 596. The molecule has 74 valence electrons. The first kappa shape index (κ1) is 8.11. The van der Waals surface area contributed by atoms with Crippen LogP contribution in [0.25, 0.3) is 17.1 Å². The average Bonchev–Trinajstić information content (AvgIpc) is 2.61. The lowest BCUT2D eigenvalue weighted by atomic mass is 10.2. The van der Waals surface area contributed by atoms with Crippen molar-refractivity contribution in [2.75, 3.05) is 5.32 Å². The zero-order chi connectivity index (χ0) is 10.4. The van der Waals surface area contributed by atoms with E-state index in [2.05, 4.69) is 5.32 Å². The zero-order valence-corrected chi connectivity index (χ0v) is 7.77. The van der Waals surface area contributed by atoms with Gasteiger partial charge in [-0.15, -0.1) is 0 Å². The molecular weight excluding hydrogens is 192 g/mol. The second-order valence-electron chi connectivity index (χ2n) is 3.41. The fraction of sp³-hybridized carbons (Fsp3) is 0. The van der Waals surface area contributed by atoms with Gasteiger partial charge in [0.15, 0.2) is 0 Å². The highest BCUT2D eigenvalue weighted by atomic mass is 16.4. The highest BCUT2D eigenvalue weighted by molar-refractivity contribution is 6.02. The Labute approximate surface area is 85.4 Å². The number of carboxylic acid groups (broad SMARTS) is 1. The van der Waals surface area contributed by atoms with E-state index in [0.29, 0.717) is 0 Å². The number of carbonyl (C=O) groups is 1. The maximum absolute atomic E-state index is 11.0. The van der Waals surface area contributed by atoms with Crippen molar-refractivity contribution in [3.05, 3.63) is 36.2 Å². The number of nitrogens with zero attached hydrogens (tertiary/aromatic N) is 1. The van der Waals surface area contributed by atoms with Gasteiger partial charge in [-0.05, 0) is 12.1 Å². The molecule has 1 aliphatic rings. The van der Waals surface area contributed by atoms with E-state index in [1.807, 2.05) is 18.2 Å². The molecule has 2 aromatic rings. The lowest BCUT2D eigenvalue weighted by Gasteiger charge is -2.12. The third kappa shape index (κ3) is 0.985. The molecule has 0 fully saturated rings. The summed E-state index contributed by atoms with van der Waals surface area (Å²) in [6, 6.07) is 7.41. The van der Waals surface area contributed by atoms with Gasteiger partial charge in [-0.25, -0.2) is 4.79 Å². The van der Waals surface area contributed by atoms with Crippen molar-refractivity contribution < 1.29 is 9.90 Å². The van der Waals surface area contributed by atoms with Gasteiger partial charge in [-0.3, -0.25) is 0 Å². The minimum atomic E-state index is -0.913. The van der Waals surface area contributed by atoms with Gasteiger partial charge in [0.25, 0.3) is 0 Å². The van der Waals surface area contributed by atoms with Crippen LogP contribution in [-0.4, -0.2) is 15.6 Å². The summed E-state index contributed by atoms with van der Waals surface area (Å²) in [5.74, 6) is -0.913. The molecule has 1 aromatic carbocycles. The Balaban J connectivity index is 2.48. The van der Waals surface area contributed by atoms with Crippen molar-refractivity contribution in [1.29, 1.82) is 0 Å². The van der Waals surface area contributed by atoms with Crippen molar-refractivity contribution in [1.82, 2.24) is 4.57 Å². The first-order chi connectivity index (χ1) is 7.27. The molecule has 3 rings (SSSR count). The monoisotopic (exact) mass is 200 g/mol. The van der Waals surface area contributed by atoms with Crippen LogP contribution < -0.4 is 5.32 Å². The molecule has 15 heavy (non-hydrogen) atoms. The van der Waals surface area contributed by atoms with Crippen molar-refractivity contribution in [3.8, 4) is 0 Å². The van der Waals surface area contributed by atoms with Crippen molar-refractivity contribution in [2.24, 2.45) is 0 Å². The molecule has 0 saturated heterocycles. The quantitative estimate of drug-likeness (QED) is 0.741. The third-order valence-electron chi connectivity index (χ3n) is 2.54. The van der Waals surface area contributed by atoms with Gasteiger partial charge in [-0.1, -0.05) is 12.1 Å². The summed E-state index contributed by atoms with van der Waals surface area (Å²) in [6.07, 6.45) is 3.45. The maximum Gasteiger partial charge on any atom is 0.352 e. The fourth-order valence-electron chi connectivity index (χ4n) is 1.92. The van der Waals surface area contributed by atoms with Crippen molar-refractivity contribution >= 4 is 28.8 Å². The predicted octanol–water partition coefficient (Wildman–Crippen LogP) is 2.19. The zero-order valence-electron chi connectivity index (χ0n) is 7.77. The standard InChI is InChI=1S/C11H8N2O2/c14-11(15)9-6-7-2-1-3-8-10(7)13(9)5-4-12-8/h1-6,12H,(H,14,15). The molecule has 4 nitrogen and oxygen atoms in total. The number of nitrogens with one attached hydrogen (secondary N) is 1. The van der Waals surface area contributed by atoms with E-state index in [1.54, 1.807) is 23.0 Å². The second kappa shape index (κ2) is 2.63. The Kier molecular flexibility index (Phi) is 1.42. The number of benzene rings is 1. The van der Waals surface area contributed by atoms with Gasteiger partial charge in [0.2, 0.25) is 0 Å². The van der Waals surface area contributed by atoms with Crippen LogP contribution in [0.1, 0.15) is 10.5 Å². The van der Waals surface area contributed by atoms with Crippen molar-refractivity contribution in [2.45, 2.75) is 0 Å². The van der Waals surface area contributed by atoms with Gasteiger partial charge in [-0.2, -0.15) is 0 Å². The Morgan fingerprint density at radius 2 is 2.27 bits per heavy atom. The van der Waals surface area contributed by atoms with Crippen LogP contribution in [0.3, 0.4) is 0 Å². The first-order valence-corrected chi connectivity index (χ1v) is 4.58. The first-order valence-electron chi connectivity index (χ1n) is 4.58. The summed E-state index contributed by atoms with van der Waals surface area (Å²) in [6.45, 7) is 0. The van der Waals surface area contributed by atoms with Crippen LogP contribution in [0, 0.1) is 0 Å². The Morgan fingerprint density at radius 3 is 3.07 bits per heavy atom. The van der Waals surface area contributed by atoms with E-state index in [1.165, 1.54) is 0 Å². The molecule has 0 bridgehead atoms. The molecule has 0 spiro atoms. The van der Waals surface area contributed by atoms with E-state index in [9.17, 15) is 4.79 Å². The predicted molar refractivity (Wildman–Crippen MR) is 57.9 cm³/mol. The molecule has 2 heterocycles. The molecule has 1 aliphatic heterocycles. The summed E-state index contributed by atoms with van der Waals surface area (Å²) in [5.41, 5.74) is 2.13. The Morgan fingerprint density at radius 1 is 1.40 bits per heavy atom. The smallest absolute Gasteiger partial charge is 0.352 e. The van der Waals surface area contributed by atoms with Crippen LogP contribution in [-0.2, 0) is 0 Å². The lowest BCUT2D eigenvalue weighted by molar-refractivity contribution is 0.0689. The maximum atomic E-state index is 11.0. The van der Waals surface area contributed by atoms with E-state index >= 15 is 0 Å². The van der Waals surface area contributed by atoms with Crippen LogP contribution in [0.5, 0.6) is 0 Å². The van der Waals surface area contributed by atoms with E-state index in [0.717, 1.165) is 16.6 Å². The number of aromatic carboxylic acids is 1. The summed E-state index contributed by atoms with van der Waals surface area (Å²) in [7, 11) is 0. The molecule has 0 amide bonds. The third-order valence-corrected chi connectivity index (χ3v) is 2.54. The molecule has 0 saturated carbocycles. The summed E-state index contributed by atoms with van der Waals surface area (Å²) in [5, 5.41) is 13.1. The summed E-state index contributed by atoms with van der Waals surface area (Å²) < 4.78 is 1.68. The van der Waals surface area contributed by atoms with Gasteiger partial charge >= 0.3 is 5.97 Å². The number of hydrogen-bond donors (Lipinski definition) is 2. The van der Waals surface area contributed by atoms with Crippen LogP contribution >= 0.6 is 0 Å². The van der Waals surface area contributed by atoms with Gasteiger partial charge in [0.1, 0.15) is 5.69 Å². The van der Waals surface area contributed by atoms with E-state index in [-0.39, 0.29) is 5.69 Å². The number of aromatic nitrogens is 1. The molecule has 0 radical (unpaired) electrons. The Hall–Kier alpha value is -2.23. The van der Waals surface area contributed by atoms with Gasteiger partial charge in [0.05, 0.1) is 11.2 Å². The largest absolute Gasteiger partial charge is 0.477 e. The molecule has 1 aromatic heterocycles. The minimum Gasteiger partial charge on any atom is -0.477 e. The second-order valence-corrected chi connectivity index (χ2v) is 3.41. The van der Waals surface area contributed by atoms with Crippen LogP contribution in [0.4, 0.5) is 5.69 Å². The van der Waals surface area contributed by atoms with Gasteiger partial charge < -0.3 is 15.0 Å². The molecule has 0 unspecified atom stereocenters. The molecule has 2 N–H and O–H groups in total. The van der Waals surface area contributed by atoms with Crippen LogP contribution in [0.15, 0.2) is 30.5 Å². The molecule has 4 heteroatoms. The topological polar surface area (TPSA) is 54.3 Å². The lowest BCUT2D eigenvalue weighted by Crippen LogP contribution is -2.06. The van der Waals surface area contributed by atoms with Crippen LogP contribution in [0.2, 0.25) is 0 Å². The molecule has 0 atom stereocenters. The summed E-state index contributed by atoms with van der Waals surface area (Å²) >= 11 is 0. The normalized spacial score (nSPS) is 12.8. The highest BCUT2D eigenvalue weighted by Gasteiger charge is 2.16. The molecule has 0 aliphatic carbocycles. The number of para-hydroxylation sites is 1.